The quantitative estimate of drug-likeness (QED) is 0.609. The Bertz CT molecular complexity index is 1190. The standard InChI is InChI=1S/C25H25ClN2O4/c1-16(2)20-12-21(29)24(32-15-17-7-4-3-5-8-17)23-25(31)28(22(30)14-27(20)23)13-18-9-6-10-19(26)11-18/h3-12,16,22,30H,13-15H2,1-2H3. The van der Waals surface area contributed by atoms with Gasteiger partial charge in [-0.05, 0) is 29.2 Å². The van der Waals surface area contributed by atoms with Gasteiger partial charge in [0.05, 0.1) is 6.54 Å². The average molecular weight is 453 g/mol. The molecule has 1 N–H and O–H groups in total. The normalized spacial score (nSPS) is 15.7. The lowest BCUT2D eigenvalue weighted by Crippen LogP contribution is -2.49. The molecule has 1 aliphatic heterocycles. The molecule has 1 aliphatic rings. The van der Waals surface area contributed by atoms with Gasteiger partial charge in [-0.1, -0.05) is 67.9 Å². The summed E-state index contributed by atoms with van der Waals surface area (Å²) in [5.41, 5.74) is 2.18. The van der Waals surface area contributed by atoms with Crippen molar-refractivity contribution in [1.29, 1.82) is 0 Å². The molecule has 0 saturated heterocycles. The van der Waals surface area contributed by atoms with Crippen molar-refractivity contribution in [2.24, 2.45) is 0 Å². The second-order valence-corrected chi connectivity index (χ2v) is 8.63. The molecular weight excluding hydrogens is 428 g/mol. The van der Waals surface area contributed by atoms with Crippen molar-refractivity contribution in [3.63, 3.8) is 0 Å². The van der Waals surface area contributed by atoms with Crippen LogP contribution >= 0.6 is 11.6 Å². The van der Waals surface area contributed by atoms with Crippen LogP contribution in [-0.2, 0) is 19.7 Å². The van der Waals surface area contributed by atoms with Crippen LogP contribution in [0.2, 0.25) is 5.02 Å². The van der Waals surface area contributed by atoms with Gasteiger partial charge in [-0.25, -0.2) is 0 Å². The minimum absolute atomic E-state index is 0.00578. The molecule has 0 aliphatic carbocycles. The molecule has 0 bridgehead atoms. The van der Waals surface area contributed by atoms with Crippen molar-refractivity contribution in [3.8, 4) is 5.75 Å². The summed E-state index contributed by atoms with van der Waals surface area (Å²) in [4.78, 5) is 27.9. The number of fused-ring (bicyclic) bond motifs is 1. The number of benzene rings is 2. The van der Waals surface area contributed by atoms with Gasteiger partial charge in [0.15, 0.2) is 11.4 Å². The molecule has 2 heterocycles. The number of aliphatic hydroxyl groups is 1. The maximum atomic E-state index is 13.6. The lowest BCUT2D eigenvalue weighted by Gasteiger charge is -2.37. The Morgan fingerprint density at radius 2 is 1.78 bits per heavy atom. The minimum Gasteiger partial charge on any atom is -0.483 e. The monoisotopic (exact) mass is 452 g/mol. The number of aliphatic hydroxyl groups excluding tert-OH is 1. The summed E-state index contributed by atoms with van der Waals surface area (Å²) in [6.45, 7) is 4.37. The van der Waals surface area contributed by atoms with Gasteiger partial charge in [0.2, 0.25) is 5.43 Å². The lowest BCUT2D eigenvalue weighted by molar-refractivity contribution is -0.0170. The first-order valence-electron chi connectivity index (χ1n) is 10.5. The van der Waals surface area contributed by atoms with Crippen molar-refractivity contribution >= 4 is 17.5 Å². The largest absolute Gasteiger partial charge is 0.483 e. The van der Waals surface area contributed by atoms with Crippen LogP contribution in [0.25, 0.3) is 0 Å². The highest BCUT2D eigenvalue weighted by Crippen LogP contribution is 2.29. The summed E-state index contributed by atoms with van der Waals surface area (Å²) in [5, 5.41) is 11.4. The van der Waals surface area contributed by atoms with E-state index in [1.807, 2.05) is 50.2 Å². The third-order valence-corrected chi connectivity index (χ3v) is 5.76. The fraction of sp³-hybridized carbons (Fsp3) is 0.280. The van der Waals surface area contributed by atoms with Crippen LogP contribution in [0.1, 0.15) is 47.1 Å². The summed E-state index contributed by atoms with van der Waals surface area (Å²) < 4.78 is 7.61. The molecule has 0 radical (unpaired) electrons. The summed E-state index contributed by atoms with van der Waals surface area (Å²) in [6.07, 6.45) is -1.05. The van der Waals surface area contributed by atoms with E-state index in [1.54, 1.807) is 22.8 Å². The van der Waals surface area contributed by atoms with Crippen molar-refractivity contribution < 1.29 is 14.6 Å². The molecule has 1 atom stereocenters. The highest BCUT2D eigenvalue weighted by molar-refractivity contribution is 6.30. The summed E-state index contributed by atoms with van der Waals surface area (Å²) >= 11 is 6.09. The Kier molecular flexibility index (Phi) is 6.35. The fourth-order valence-electron chi connectivity index (χ4n) is 3.95. The van der Waals surface area contributed by atoms with E-state index >= 15 is 0 Å². The molecule has 0 fully saturated rings. The maximum Gasteiger partial charge on any atom is 0.276 e. The minimum atomic E-state index is -1.05. The van der Waals surface area contributed by atoms with Crippen LogP contribution in [-0.4, -0.2) is 26.7 Å². The van der Waals surface area contributed by atoms with Crippen molar-refractivity contribution in [3.05, 3.63) is 98.4 Å². The zero-order chi connectivity index (χ0) is 22.8. The van der Waals surface area contributed by atoms with Gasteiger partial charge in [-0.2, -0.15) is 0 Å². The Balaban J connectivity index is 1.75. The van der Waals surface area contributed by atoms with Gasteiger partial charge >= 0.3 is 0 Å². The summed E-state index contributed by atoms with van der Waals surface area (Å²) in [5.74, 6) is -0.457. The Morgan fingerprint density at radius 1 is 1.06 bits per heavy atom. The molecule has 1 amide bonds. The molecule has 1 aromatic heterocycles. The summed E-state index contributed by atoms with van der Waals surface area (Å²) in [6, 6.07) is 18.1. The number of carbonyl (C=O) groups is 1. The number of halogens is 1. The number of carbonyl (C=O) groups excluding carboxylic acids is 1. The molecule has 32 heavy (non-hydrogen) atoms. The van der Waals surface area contributed by atoms with E-state index in [-0.39, 0.29) is 42.5 Å². The molecular formula is C25H25ClN2O4. The predicted octanol–water partition coefficient (Wildman–Crippen LogP) is 4.18. The molecule has 2 aromatic carbocycles. The number of hydrogen-bond donors (Lipinski definition) is 1. The van der Waals surface area contributed by atoms with E-state index in [0.29, 0.717) is 10.7 Å². The molecule has 6 nitrogen and oxygen atoms in total. The number of ether oxygens (including phenoxy) is 1. The van der Waals surface area contributed by atoms with Gasteiger partial charge in [0, 0.05) is 23.3 Å². The molecule has 166 valence electrons. The van der Waals surface area contributed by atoms with Crippen LogP contribution < -0.4 is 10.2 Å². The Labute approximate surface area is 191 Å². The van der Waals surface area contributed by atoms with Crippen molar-refractivity contribution in [2.75, 3.05) is 0 Å². The highest BCUT2D eigenvalue weighted by Gasteiger charge is 2.36. The van der Waals surface area contributed by atoms with Gasteiger partial charge in [0.25, 0.3) is 5.91 Å². The number of nitrogens with zero attached hydrogens (tertiary/aromatic N) is 2. The number of aromatic nitrogens is 1. The van der Waals surface area contributed by atoms with Crippen LogP contribution in [0.3, 0.4) is 0 Å². The van der Waals surface area contributed by atoms with E-state index < -0.39 is 12.1 Å². The van der Waals surface area contributed by atoms with Crippen molar-refractivity contribution in [1.82, 2.24) is 9.47 Å². The molecule has 0 saturated carbocycles. The van der Waals surface area contributed by atoms with Crippen molar-refractivity contribution in [2.45, 2.75) is 45.7 Å². The number of pyridine rings is 1. The second-order valence-electron chi connectivity index (χ2n) is 8.19. The zero-order valence-electron chi connectivity index (χ0n) is 18.0. The lowest BCUT2D eigenvalue weighted by atomic mass is 10.0. The Hall–Kier alpha value is -3.09. The van der Waals surface area contributed by atoms with E-state index in [4.69, 9.17) is 16.3 Å². The smallest absolute Gasteiger partial charge is 0.276 e. The molecule has 3 aromatic rings. The molecule has 4 rings (SSSR count). The SMILES string of the molecule is CC(C)c1cc(=O)c(OCc2ccccc2)c2n1CC(O)N(Cc1cccc(Cl)c1)C2=O. The van der Waals surface area contributed by atoms with E-state index in [1.165, 1.54) is 11.0 Å². The predicted molar refractivity (Wildman–Crippen MR) is 123 cm³/mol. The van der Waals surface area contributed by atoms with Gasteiger partial charge in [0.1, 0.15) is 12.8 Å². The molecule has 0 spiro atoms. The van der Waals surface area contributed by atoms with E-state index in [9.17, 15) is 14.7 Å². The van der Waals surface area contributed by atoms with Crippen LogP contribution in [0.15, 0.2) is 65.5 Å². The fourth-order valence-corrected chi connectivity index (χ4v) is 4.16. The summed E-state index contributed by atoms with van der Waals surface area (Å²) in [7, 11) is 0. The van der Waals surface area contributed by atoms with Gasteiger partial charge < -0.3 is 19.3 Å². The third-order valence-electron chi connectivity index (χ3n) is 5.53. The van der Waals surface area contributed by atoms with Crippen LogP contribution in [0, 0.1) is 0 Å². The number of amides is 1. The van der Waals surface area contributed by atoms with Crippen LogP contribution in [0.5, 0.6) is 5.75 Å². The highest BCUT2D eigenvalue weighted by atomic mass is 35.5. The maximum absolute atomic E-state index is 13.6. The van der Waals surface area contributed by atoms with Crippen LogP contribution in [0.4, 0.5) is 0 Å². The molecule has 1 unspecified atom stereocenters. The average Bonchev–Trinajstić information content (AvgIpc) is 2.76. The zero-order valence-corrected chi connectivity index (χ0v) is 18.7. The Morgan fingerprint density at radius 3 is 2.47 bits per heavy atom. The number of hydrogen-bond acceptors (Lipinski definition) is 4. The first-order valence-corrected chi connectivity index (χ1v) is 10.9. The van der Waals surface area contributed by atoms with Gasteiger partial charge in [-0.3, -0.25) is 9.59 Å². The topological polar surface area (TPSA) is 71.8 Å². The van der Waals surface area contributed by atoms with E-state index in [2.05, 4.69) is 0 Å². The second kappa shape index (κ2) is 9.18. The van der Waals surface area contributed by atoms with E-state index in [0.717, 1.165) is 11.1 Å². The number of rotatable bonds is 6. The van der Waals surface area contributed by atoms with Gasteiger partial charge in [-0.15, -0.1) is 0 Å². The first-order chi connectivity index (χ1) is 15.3. The third kappa shape index (κ3) is 4.42. The molecule has 7 heteroatoms. The first kappa shape index (κ1) is 22.1.